The third-order valence-corrected chi connectivity index (χ3v) is 2.64. The number of hydrogen-bond donors (Lipinski definition) is 5. The van der Waals surface area contributed by atoms with Crippen LogP contribution in [-0.2, 0) is 13.8 Å². The number of phosphoric acid groups is 1. The first-order chi connectivity index (χ1) is 7.28. The lowest BCUT2D eigenvalue weighted by Gasteiger charge is -2.32. The van der Waals surface area contributed by atoms with Crippen molar-refractivity contribution in [2.45, 2.75) is 37.4 Å². The molecule has 0 aromatic heterocycles. The average Bonchev–Trinajstić information content (AvgIpc) is 2.11. The molecule has 1 fully saturated rings. The van der Waals surface area contributed by atoms with Crippen LogP contribution in [0.25, 0.3) is 0 Å². The van der Waals surface area contributed by atoms with Gasteiger partial charge in [0.2, 0.25) is 0 Å². The zero-order valence-corrected chi connectivity index (χ0v) is 9.23. The summed E-state index contributed by atoms with van der Waals surface area (Å²) in [5.74, 6) is 0. The predicted molar refractivity (Wildman–Crippen MR) is 50.1 cm³/mol. The summed E-state index contributed by atoms with van der Waals surface area (Å²) in [6.45, 7) is -0.631. The second kappa shape index (κ2) is 5.52. The van der Waals surface area contributed by atoms with Gasteiger partial charge in [-0.2, -0.15) is 0 Å². The Hall–Kier alpha value is -0.0500. The molecule has 96 valence electrons. The van der Waals surface area contributed by atoms with Gasteiger partial charge in [-0.25, -0.2) is 4.57 Å². The summed E-state index contributed by atoms with van der Waals surface area (Å²) in [5.41, 5.74) is 0. The maximum Gasteiger partial charge on any atom is 0.469 e. The van der Waals surface area contributed by atoms with Crippen LogP contribution in [0.4, 0.5) is 0 Å². The first-order valence-corrected chi connectivity index (χ1v) is 6.20. The smallest absolute Gasteiger partial charge is 0.393 e. The van der Waals surface area contributed by atoms with Gasteiger partial charge in [-0.3, -0.25) is 4.52 Å². The molecule has 0 aromatic rings. The quantitative estimate of drug-likeness (QED) is 0.377. The Labute approximate surface area is 91.7 Å². The van der Waals surface area contributed by atoms with Crippen LogP contribution in [0.2, 0.25) is 0 Å². The van der Waals surface area contributed by atoms with E-state index in [9.17, 15) is 14.8 Å². The van der Waals surface area contributed by atoms with Crippen LogP contribution in [0.5, 0.6) is 0 Å². The number of ether oxygens (including phenoxy) is 1. The summed E-state index contributed by atoms with van der Waals surface area (Å²) in [4.78, 5) is 16.8. The van der Waals surface area contributed by atoms with Crippen molar-refractivity contribution in [1.29, 1.82) is 0 Å². The predicted octanol–water partition coefficient (Wildman–Crippen LogP) is -1.69. The van der Waals surface area contributed by atoms with Crippen LogP contribution in [0, 0.1) is 0 Å². The molecule has 0 aliphatic carbocycles. The van der Waals surface area contributed by atoms with Gasteiger partial charge in [0.05, 0.1) is 18.8 Å². The molecule has 1 aliphatic rings. The zero-order valence-electron chi connectivity index (χ0n) is 8.34. The summed E-state index contributed by atoms with van der Waals surface area (Å²) >= 11 is 0. The minimum absolute atomic E-state index is 0.0442. The van der Waals surface area contributed by atoms with Crippen molar-refractivity contribution in [2.75, 3.05) is 6.61 Å². The van der Waals surface area contributed by atoms with Crippen molar-refractivity contribution in [2.24, 2.45) is 0 Å². The Morgan fingerprint density at radius 1 is 1.38 bits per heavy atom. The molecule has 16 heavy (non-hydrogen) atoms. The molecule has 1 rings (SSSR count). The molecule has 1 unspecified atom stereocenters. The maximum atomic E-state index is 10.4. The van der Waals surface area contributed by atoms with Crippen molar-refractivity contribution in [1.82, 2.24) is 0 Å². The van der Waals surface area contributed by atoms with Crippen LogP contribution in [0.1, 0.15) is 12.8 Å². The fraction of sp³-hybridized carbons (Fsp3) is 1.00. The highest BCUT2D eigenvalue weighted by Crippen LogP contribution is 2.36. The lowest BCUT2D eigenvalue weighted by atomic mass is 10.0. The normalized spacial score (nSPS) is 33.7. The molecule has 1 heterocycles. The van der Waals surface area contributed by atoms with E-state index in [1.165, 1.54) is 0 Å². The average molecular weight is 258 g/mol. The molecule has 8 nitrogen and oxygen atoms in total. The molecule has 0 bridgehead atoms. The molecule has 0 aromatic carbocycles. The summed E-state index contributed by atoms with van der Waals surface area (Å²) < 4.78 is 19.4. The molecule has 1 aliphatic heterocycles. The summed E-state index contributed by atoms with van der Waals surface area (Å²) in [6.07, 6.45) is -4.13. The highest BCUT2D eigenvalue weighted by Gasteiger charge is 2.33. The fourth-order valence-corrected chi connectivity index (χ4v) is 1.79. The minimum Gasteiger partial charge on any atom is -0.393 e. The molecule has 9 heteroatoms. The van der Waals surface area contributed by atoms with Crippen molar-refractivity contribution >= 4 is 7.82 Å². The van der Waals surface area contributed by atoms with E-state index in [1.807, 2.05) is 0 Å². The van der Waals surface area contributed by atoms with Crippen molar-refractivity contribution in [3.63, 3.8) is 0 Å². The maximum absolute atomic E-state index is 10.4. The van der Waals surface area contributed by atoms with E-state index in [2.05, 4.69) is 4.52 Å². The number of hydrogen-bond acceptors (Lipinski definition) is 6. The molecular weight excluding hydrogens is 243 g/mol. The highest BCUT2D eigenvalue weighted by atomic mass is 31.2. The van der Waals surface area contributed by atoms with Gasteiger partial charge in [0.15, 0.2) is 6.29 Å². The van der Waals surface area contributed by atoms with E-state index in [4.69, 9.17) is 19.6 Å². The molecule has 5 N–H and O–H groups in total. The molecule has 0 radical (unpaired) electrons. The van der Waals surface area contributed by atoms with Gasteiger partial charge in [0.25, 0.3) is 0 Å². The molecule has 0 amide bonds. The molecule has 0 saturated carbocycles. The summed E-state index contributed by atoms with van der Waals surface area (Å²) in [7, 11) is -4.64. The van der Waals surface area contributed by atoms with E-state index in [0.717, 1.165) is 0 Å². The fourth-order valence-electron chi connectivity index (χ4n) is 1.44. The second-order valence-electron chi connectivity index (χ2n) is 3.61. The Balaban J connectivity index is 2.41. The van der Waals surface area contributed by atoms with E-state index < -0.39 is 39.0 Å². The molecular formula is C7H15O8P. The number of rotatable bonds is 4. The number of aliphatic hydroxyl groups is 3. The van der Waals surface area contributed by atoms with E-state index >= 15 is 0 Å². The Morgan fingerprint density at radius 3 is 2.50 bits per heavy atom. The van der Waals surface area contributed by atoms with Crippen molar-refractivity contribution in [3.05, 3.63) is 0 Å². The second-order valence-corrected chi connectivity index (χ2v) is 4.85. The first-order valence-electron chi connectivity index (χ1n) is 4.67. The first kappa shape index (κ1) is 14.0. The Bertz CT molecular complexity index is 255. The molecule has 0 spiro atoms. The monoisotopic (exact) mass is 258 g/mol. The van der Waals surface area contributed by atoms with Gasteiger partial charge < -0.3 is 29.8 Å². The van der Waals surface area contributed by atoms with Crippen LogP contribution >= 0.6 is 7.82 Å². The van der Waals surface area contributed by atoms with Crippen molar-refractivity contribution < 1.29 is 38.9 Å². The van der Waals surface area contributed by atoms with E-state index in [1.54, 1.807) is 0 Å². The van der Waals surface area contributed by atoms with Crippen LogP contribution < -0.4 is 0 Å². The van der Waals surface area contributed by atoms with Gasteiger partial charge in [-0.15, -0.1) is 0 Å². The van der Waals surface area contributed by atoms with Gasteiger partial charge in [-0.1, -0.05) is 0 Å². The van der Waals surface area contributed by atoms with Gasteiger partial charge in [0, 0.05) is 12.8 Å². The standard InChI is InChI=1S/C7H15O8P/c8-4-1-6(15-7(10)2-4)5(9)3-14-16(11,12)13/h4-10H,1-3H2,(H2,11,12,13)/t4-,5?,6+,7+/m1/s1. The molecule has 1 saturated heterocycles. The van der Waals surface area contributed by atoms with Gasteiger partial charge >= 0.3 is 7.82 Å². The Morgan fingerprint density at radius 2 is 2.00 bits per heavy atom. The highest BCUT2D eigenvalue weighted by molar-refractivity contribution is 7.46. The van der Waals surface area contributed by atoms with Crippen LogP contribution in [0.15, 0.2) is 0 Å². The minimum atomic E-state index is -4.64. The zero-order chi connectivity index (χ0) is 12.3. The van der Waals surface area contributed by atoms with Gasteiger partial charge in [-0.05, 0) is 0 Å². The third-order valence-electron chi connectivity index (χ3n) is 2.15. The molecule has 4 atom stereocenters. The largest absolute Gasteiger partial charge is 0.469 e. The lowest BCUT2D eigenvalue weighted by molar-refractivity contribution is -0.215. The van der Waals surface area contributed by atoms with Gasteiger partial charge in [0.1, 0.15) is 6.10 Å². The summed E-state index contributed by atoms with van der Waals surface area (Å²) in [5, 5.41) is 27.9. The SMILES string of the molecule is O=P(O)(O)OCC(O)[C@@H]1C[C@@H](O)C[C@@H](O)O1. The third kappa shape index (κ3) is 4.86. The topological polar surface area (TPSA) is 137 Å². The Kier molecular flexibility index (Phi) is 4.84. The van der Waals surface area contributed by atoms with Crippen molar-refractivity contribution in [3.8, 4) is 0 Å². The van der Waals surface area contributed by atoms with E-state index in [-0.39, 0.29) is 12.8 Å². The van der Waals surface area contributed by atoms with E-state index in [0.29, 0.717) is 0 Å². The van der Waals surface area contributed by atoms with Crippen LogP contribution in [0.3, 0.4) is 0 Å². The summed E-state index contributed by atoms with van der Waals surface area (Å²) in [6, 6.07) is 0. The number of phosphoric ester groups is 1. The lowest BCUT2D eigenvalue weighted by Crippen LogP contribution is -2.43. The number of aliphatic hydroxyl groups excluding tert-OH is 3. The van der Waals surface area contributed by atoms with Crippen LogP contribution in [-0.4, -0.2) is 56.3 Å².